The van der Waals surface area contributed by atoms with Crippen LogP contribution in [0.25, 0.3) is 0 Å². The molecule has 6 nitrogen and oxygen atoms in total. The van der Waals surface area contributed by atoms with Crippen molar-refractivity contribution < 1.29 is 29.3 Å². The van der Waals surface area contributed by atoms with Gasteiger partial charge in [0, 0.05) is 18.3 Å². The van der Waals surface area contributed by atoms with Crippen molar-refractivity contribution in [3.63, 3.8) is 0 Å². The van der Waals surface area contributed by atoms with Crippen molar-refractivity contribution in [1.82, 2.24) is 0 Å². The number of ether oxygens (including phenoxy) is 2. The van der Waals surface area contributed by atoms with Gasteiger partial charge in [-0.3, -0.25) is 9.59 Å². The lowest BCUT2D eigenvalue weighted by Gasteiger charge is -2.23. The molecule has 2 rings (SSSR count). The van der Waals surface area contributed by atoms with Gasteiger partial charge in [0.05, 0.1) is 13.2 Å². The minimum Gasteiger partial charge on any atom is -0.508 e. The molecule has 0 aliphatic rings. The Kier molecular flexibility index (Phi) is 29.7. The van der Waals surface area contributed by atoms with E-state index in [1.807, 2.05) is 38.1 Å². The third-order valence-electron chi connectivity index (χ3n) is 12.2. The minimum atomic E-state index is -0.453. The molecule has 2 aromatic carbocycles. The Balaban J connectivity index is 1.60. The standard InChI is InChI=1S/C53H88O6/c1-5-7-9-11-13-15-17-19-23-33-45(47-37-29-31-39-49(47)54)35-25-21-27-41-51(56)58-43-53(3,4)44-59-52(57)42-28-22-26-36-46(48-38-30-32-40-50(48)55)34-24-20-18-16-14-12-10-8-6-2/h29-32,37-40,45-46,54-55H,5-28,33-36,41-44H2,1-4H3. The van der Waals surface area contributed by atoms with Gasteiger partial charge < -0.3 is 19.7 Å². The topological polar surface area (TPSA) is 93.1 Å². The van der Waals surface area contributed by atoms with Crippen LogP contribution in [-0.2, 0) is 19.1 Å². The highest BCUT2D eigenvalue weighted by Crippen LogP contribution is 2.35. The van der Waals surface area contributed by atoms with Gasteiger partial charge in [-0.05, 0) is 73.6 Å². The normalized spacial score (nSPS) is 12.7. The fourth-order valence-corrected chi connectivity index (χ4v) is 8.39. The number of aromatic hydroxyl groups is 2. The quantitative estimate of drug-likeness (QED) is 0.0518. The van der Waals surface area contributed by atoms with Gasteiger partial charge in [0.25, 0.3) is 0 Å². The Labute approximate surface area is 362 Å². The second-order valence-corrected chi connectivity index (χ2v) is 18.4. The maximum absolute atomic E-state index is 12.6. The molecule has 0 aromatic heterocycles. The van der Waals surface area contributed by atoms with E-state index >= 15 is 0 Å². The summed E-state index contributed by atoms with van der Waals surface area (Å²) in [5.74, 6) is 1.09. The average Bonchev–Trinajstić information content (AvgIpc) is 3.22. The van der Waals surface area contributed by atoms with Crippen molar-refractivity contribution in [2.75, 3.05) is 13.2 Å². The number of hydrogen-bond acceptors (Lipinski definition) is 6. The zero-order valence-electron chi connectivity index (χ0n) is 38.4. The highest BCUT2D eigenvalue weighted by atomic mass is 16.5. The first-order valence-electron chi connectivity index (χ1n) is 24.5. The Morgan fingerprint density at radius 3 is 1.07 bits per heavy atom. The molecule has 2 unspecified atom stereocenters. The number of phenols is 2. The predicted octanol–water partition coefficient (Wildman–Crippen LogP) is 15.8. The first kappa shape index (κ1) is 52.1. The van der Waals surface area contributed by atoms with Crippen molar-refractivity contribution in [3.05, 3.63) is 59.7 Å². The summed E-state index contributed by atoms with van der Waals surface area (Å²) in [6.07, 6.45) is 34.1. The molecule has 59 heavy (non-hydrogen) atoms. The number of unbranched alkanes of at least 4 members (excludes halogenated alkanes) is 20. The van der Waals surface area contributed by atoms with Crippen molar-refractivity contribution in [1.29, 1.82) is 0 Å². The fraction of sp³-hybridized carbons (Fsp3) is 0.736. The van der Waals surface area contributed by atoms with Crippen LogP contribution in [0.3, 0.4) is 0 Å². The van der Waals surface area contributed by atoms with Gasteiger partial charge in [-0.2, -0.15) is 0 Å². The Bertz CT molecular complexity index is 1240. The number of carbonyl (C=O) groups is 2. The van der Waals surface area contributed by atoms with Crippen LogP contribution >= 0.6 is 0 Å². The molecule has 0 amide bonds. The van der Waals surface area contributed by atoms with E-state index in [-0.39, 0.29) is 25.2 Å². The third-order valence-corrected chi connectivity index (χ3v) is 12.2. The van der Waals surface area contributed by atoms with Gasteiger partial charge in [0.15, 0.2) is 0 Å². The Morgan fingerprint density at radius 1 is 0.458 bits per heavy atom. The molecular weight excluding hydrogens is 733 g/mol. The second kappa shape index (κ2) is 33.7. The molecule has 6 heteroatoms. The molecule has 0 saturated carbocycles. The molecule has 2 aromatic rings. The number of benzene rings is 2. The summed E-state index contributed by atoms with van der Waals surface area (Å²) in [6.45, 7) is 8.90. The van der Waals surface area contributed by atoms with Crippen LogP contribution in [0.4, 0.5) is 0 Å². The summed E-state index contributed by atoms with van der Waals surface area (Å²) in [5, 5.41) is 21.1. The van der Waals surface area contributed by atoms with E-state index in [0.717, 1.165) is 75.3 Å². The number of esters is 2. The van der Waals surface area contributed by atoms with Gasteiger partial charge in [0.2, 0.25) is 0 Å². The minimum absolute atomic E-state index is 0.198. The average molecular weight is 821 g/mol. The van der Waals surface area contributed by atoms with E-state index in [2.05, 4.69) is 26.0 Å². The van der Waals surface area contributed by atoms with Gasteiger partial charge in [-0.25, -0.2) is 0 Å². The Hall–Kier alpha value is -3.02. The summed E-state index contributed by atoms with van der Waals surface area (Å²) >= 11 is 0. The summed E-state index contributed by atoms with van der Waals surface area (Å²) in [4.78, 5) is 25.2. The largest absolute Gasteiger partial charge is 0.508 e. The first-order chi connectivity index (χ1) is 28.7. The van der Waals surface area contributed by atoms with E-state index in [9.17, 15) is 19.8 Å². The van der Waals surface area contributed by atoms with E-state index in [1.165, 1.54) is 116 Å². The van der Waals surface area contributed by atoms with Crippen LogP contribution in [0.5, 0.6) is 11.5 Å². The molecule has 0 fully saturated rings. The summed E-state index contributed by atoms with van der Waals surface area (Å²) in [6, 6.07) is 15.6. The van der Waals surface area contributed by atoms with Gasteiger partial charge in [-0.1, -0.05) is 205 Å². The highest BCUT2D eigenvalue weighted by Gasteiger charge is 2.23. The number of para-hydroxylation sites is 2. The molecule has 0 saturated heterocycles. The number of phenolic OH excluding ortho intramolecular Hbond substituents is 2. The second-order valence-electron chi connectivity index (χ2n) is 18.4. The van der Waals surface area contributed by atoms with Gasteiger partial charge in [0.1, 0.15) is 11.5 Å². The van der Waals surface area contributed by atoms with Crippen LogP contribution in [0, 0.1) is 5.41 Å². The van der Waals surface area contributed by atoms with E-state index in [1.54, 1.807) is 12.1 Å². The van der Waals surface area contributed by atoms with Crippen LogP contribution in [-0.4, -0.2) is 35.4 Å². The van der Waals surface area contributed by atoms with Crippen molar-refractivity contribution >= 4 is 11.9 Å². The van der Waals surface area contributed by atoms with Crippen LogP contribution in [0.2, 0.25) is 0 Å². The molecule has 0 radical (unpaired) electrons. The SMILES string of the molecule is CCCCCCCCCCCC(CCCCCC(=O)OCC(C)(C)COC(=O)CCCCCC(CCCCCCCCCCC)c1ccccc1O)c1ccccc1O. The summed E-state index contributed by atoms with van der Waals surface area (Å²) in [7, 11) is 0. The van der Waals surface area contributed by atoms with Crippen LogP contribution in [0.15, 0.2) is 48.5 Å². The lowest BCUT2D eigenvalue weighted by atomic mass is 9.87. The zero-order chi connectivity index (χ0) is 42.8. The van der Waals surface area contributed by atoms with Crippen LogP contribution in [0.1, 0.15) is 243 Å². The Morgan fingerprint density at radius 2 is 0.746 bits per heavy atom. The first-order valence-corrected chi connectivity index (χ1v) is 24.5. The van der Waals surface area contributed by atoms with E-state index < -0.39 is 5.41 Å². The molecule has 0 bridgehead atoms. The van der Waals surface area contributed by atoms with Crippen molar-refractivity contribution in [2.45, 2.75) is 232 Å². The maximum Gasteiger partial charge on any atom is 0.305 e. The molecule has 0 spiro atoms. The van der Waals surface area contributed by atoms with Crippen molar-refractivity contribution in [3.8, 4) is 11.5 Å². The molecular formula is C53H88O6. The molecule has 336 valence electrons. The summed E-state index contributed by atoms with van der Waals surface area (Å²) in [5.41, 5.74) is 1.66. The molecule has 0 aliphatic carbocycles. The van der Waals surface area contributed by atoms with Crippen LogP contribution < -0.4 is 0 Å². The molecule has 2 atom stereocenters. The lowest BCUT2D eigenvalue weighted by Crippen LogP contribution is -2.28. The number of hydrogen-bond donors (Lipinski definition) is 2. The van der Waals surface area contributed by atoms with Crippen molar-refractivity contribution in [2.24, 2.45) is 5.41 Å². The van der Waals surface area contributed by atoms with Gasteiger partial charge in [-0.15, -0.1) is 0 Å². The molecule has 0 heterocycles. The summed E-state index contributed by atoms with van der Waals surface area (Å²) < 4.78 is 11.3. The predicted molar refractivity (Wildman–Crippen MR) is 247 cm³/mol. The zero-order valence-corrected chi connectivity index (χ0v) is 38.4. The van der Waals surface area contributed by atoms with E-state index in [0.29, 0.717) is 36.2 Å². The third kappa shape index (κ3) is 26.0. The fourth-order valence-electron chi connectivity index (χ4n) is 8.39. The number of rotatable bonds is 38. The monoisotopic (exact) mass is 821 g/mol. The highest BCUT2D eigenvalue weighted by molar-refractivity contribution is 5.69. The smallest absolute Gasteiger partial charge is 0.305 e. The lowest BCUT2D eigenvalue weighted by molar-refractivity contribution is -0.152. The van der Waals surface area contributed by atoms with Gasteiger partial charge >= 0.3 is 11.9 Å². The molecule has 2 N–H and O–H groups in total. The number of carbonyl (C=O) groups excluding carboxylic acids is 2. The molecule has 0 aliphatic heterocycles. The van der Waals surface area contributed by atoms with E-state index in [4.69, 9.17) is 9.47 Å². The maximum atomic E-state index is 12.6.